The summed E-state index contributed by atoms with van der Waals surface area (Å²) in [6, 6.07) is 0. The van der Waals surface area contributed by atoms with Crippen LogP contribution in [0, 0.1) is 17.8 Å². The molecule has 2 heteroatoms. The van der Waals surface area contributed by atoms with Crippen LogP contribution in [-0.4, -0.2) is 17.2 Å². The smallest absolute Gasteiger partial charge is 0.0566 e. The molecular weight excluding hydrogens is 190 g/mol. The fourth-order valence-electron chi connectivity index (χ4n) is 3.71. The zero-order valence-electron chi connectivity index (χ0n) is 9.04. The van der Waals surface area contributed by atoms with Gasteiger partial charge in [-0.05, 0) is 50.0 Å². The summed E-state index contributed by atoms with van der Waals surface area (Å²) in [5, 5.41) is 5.43. The van der Waals surface area contributed by atoms with Crippen molar-refractivity contribution in [3.8, 4) is 0 Å². The Labute approximate surface area is 91.4 Å². The molecule has 1 nitrogen and oxygen atoms in total. The van der Waals surface area contributed by atoms with Crippen LogP contribution in [0.15, 0.2) is 0 Å². The minimum Gasteiger partial charge on any atom is -0.305 e. The number of fused-ring (bicyclic) bond motifs is 2. The van der Waals surface area contributed by atoms with Crippen LogP contribution in [0.3, 0.4) is 0 Å². The topological polar surface area (TPSA) is 12.0 Å². The number of hydrogen-bond acceptors (Lipinski definition) is 2. The third kappa shape index (κ3) is 1.61. The Bertz CT molecular complexity index is 218. The lowest BCUT2D eigenvalue weighted by Crippen LogP contribution is -2.41. The molecule has 1 saturated heterocycles. The van der Waals surface area contributed by atoms with Gasteiger partial charge in [0.05, 0.1) is 5.37 Å². The van der Waals surface area contributed by atoms with Gasteiger partial charge in [-0.25, -0.2) is 0 Å². The van der Waals surface area contributed by atoms with E-state index < -0.39 is 0 Å². The Balaban J connectivity index is 1.65. The first-order valence-electron chi connectivity index (χ1n) is 6.22. The molecule has 5 atom stereocenters. The largest absolute Gasteiger partial charge is 0.305 e. The van der Waals surface area contributed by atoms with E-state index in [1.165, 1.54) is 32.2 Å². The van der Waals surface area contributed by atoms with E-state index in [-0.39, 0.29) is 0 Å². The number of hydrogen-bond donors (Lipinski definition) is 1. The lowest BCUT2D eigenvalue weighted by Gasteiger charge is -2.36. The average Bonchev–Trinajstić information content (AvgIpc) is 2.78. The predicted molar refractivity (Wildman–Crippen MR) is 62.4 cm³/mol. The number of rotatable bonds is 1. The molecule has 2 aliphatic carbocycles. The minimum absolute atomic E-state index is 0.800. The highest BCUT2D eigenvalue weighted by molar-refractivity contribution is 8.00. The Morgan fingerprint density at radius 2 is 2.07 bits per heavy atom. The highest BCUT2D eigenvalue weighted by atomic mass is 32.2. The lowest BCUT2D eigenvalue weighted by molar-refractivity contribution is 0.296. The molecule has 5 unspecified atom stereocenters. The highest BCUT2D eigenvalue weighted by Gasteiger charge is 2.43. The molecule has 2 bridgehead atoms. The number of thioether (sulfide) groups is 1. The van der Waals surface area contributed by atoms with Crippen molar-refractivity contribution in [2.45, 2.75) is 49.7 Å². The van der Waals surface area contributed by atoms with Crippen molar-refractivity contribution in [3.05, 3.63) is 0 Å². The van der Waals surface area contributed by atoms with Gasteiger partial charge >= 0.3 is 0 Å². The molecule has 2 saturated carbocycles. The summed E-state index contributed by atoms with van der Waals surface area (Å²) in [6.45, 7) is 3.65. The van der Waals surface area contributed by atoms with Crippen LogP contribution in [0.4, 0.5) is 0 Å². The molecule has 0 aromatic rings. The van der Waals surface area contributed by atoms with Crippen LogP contribution in [0.25, 0.3) is 0 Å². The zero-order chi connectivity index (χ0) is 9.54. The van der Waals surface area contributed by atoms with Crippen LogP contribution < -0.4 is 5.32 Å². The van der Waals surface area contributed by atoms with Gasteiger partial charge in [0.2, 0.25) is 0 Å². The molecule has 3 fully saturated rings. The normalized spacial score (nSPS) is 52.5. The van der Waals surface area contributed by atoms with Crippen molar-refractivity contribution >= 4 is 11.8 Å². The molecule has 0 aromatic carbocycles. The second-order valence-corrected chi connectivity index (χ2v) is 7.03. The summed E-state index contributed by atoms with van der Waals surface area (Å²) < 4.78 is 0. The van der Waals surface area contributed by atoms with Gasteiger partial charge in [-0.1, -0.05) is 13.3 Å². The van der Waals surface area contributed by atoms with Gasteiger partial charge in [-0.3, -0.25) is 0 Å². The molecule has 1 heterocycles. The summed E-state index contributed by atoms with van der Waals surface area (Å²) in [5.74, 6) is 3.20. The summed E-state index contributed by atoms with van der Waals surface area (Å²) >= 11 is 2.21. The third-order valence-corrected chi connectivity index (χ3v) is 5.97. The van der Waals surface area contributed by atoms with Gasteiger partial charge < -0.3 is 5.32 Å². The van der Waals surface area contributed by atoms with Crippen LogP contribution >= 0.6 is 11.8 Å². The quantitative estimate of drug-likeness (QED) is 0.716. The van der Waals surface area contributed by atoms with Crippen molar-refractivity contribution < 1.29 is 0 Å². The van der Waals surface area contributed by atoms with Crippen LogP contribution in [-0.2, 0) is 0 Å². The van der Waals surface area contributed by atoms with Crippen LogP contribution in [0.1, 0.15) is 39.0 Å². The molecule has 0 amide bonds. The predicted octanol–water partition coefficient (Wildman–Crippen LogP) is 2.86. The fourth-order valence-corrected chi connectivity index (χ4v) is 5.22. The standard InChI is InChI=1S/C12H21NS/c1-8-4-5-13-12(14-8)11-7-9-2-3-10(11)6-9/h8-13H,2-7H2,1H3. The second-order valence-electron chi connectivity index (χ2n) is 5.45. The molecule has 14 heavy (non-hydrogen) atoms. The maximum absolute atomic E-state index is 3.74. The Hall–Kier alpha value is 0.310. The maximum Gasteiger partial charge on any atom is 0.0566 e. The van der Waals surface area contributed by atoms with E-state index in [0.29, 0.717) is 0 Å². The molecule has 0 radical (unpaired) electrons. The first-order valence-corrected chi connectivity index (χ1v) is 7.16. The van der Waals surface area contributed by atoms with E-state index in [1.807, 2.05) is 0 Å². The molecule has 1 N–H and O–H groups in total. The molecule has 1 aliphatic heterocycles. The second kappa shape index (κ2) is 3.71. The van der Waals surface area contributed by atoms with Gasteiger partial charge in [0.1, 0.15) is 0 Å². The summed E-state index contributed by atoms with van der Waals surface area (Å²) in [7, 11) is 0. The summed E-state index contributed by atoms with van der Waals surface area (Å²) in [6.07, 6.45) is 7.51. The molecule has 0 spiro atoms. The van der Waals surface area contributed by atoms with E-state index in [4.69, 9.17) is 0 Å². The molecule has 80 valence electrons. The first-order chi connectivity index (χ1) is 6.83. The van der Waals surface area contributed by atoms with Crippen LogP contribution in [0.2, 0.25) is 0 Å². The number of nitrogens with one attached hydrogen (secondary N) is 1. The minimum atomic E-state index is 0.800. The van der Waals surface area contributed by atoms with Crippen molar-refractivity contribution in [1.29, 1.82) is 0 Å². The molecule has 3 aliphatic rings. The average molecular weight is 211 g/mol. The first kappa shape index (κ1) is 9.53. The maximum atomic E-state index is 3.74. The van der Waals surface area contributed by atoms with Crippen LogP contribution in [0.5, 0.6) is 0 Å². The van der Waals surface area contributed by atoms with Crippen molar-refractivity contribution in [2.75, 3.05) is 6.54 Å². The van der Waals surface area contributed by atoms with Gasteiger partial charge in [0, 0.05) is 5.25 Å². The van der Waals surface area contributed by atoms with Gasteiger partial charge in [0.15, 0.2) is 0 Å². The SMILES string of the molecule is CC1CCNC(C2CC3CCC2C3)S1. The van der Waals surface area contributed by atoms with Gasteiger partial charge in [-0.15, -0.1) is 11.8 Å². The van der Waals surface area contributed by atoms with E-state index in [0.717, 1.165) is 28.4 Å². The monoisotopic (exact) mass is 211 g/mol. The van der Waals surface area contributed by atoms with Gasteiger partial charge in [-0.2, -0.15) is 0 Å². The van der Waals surface area contributed by atoms with E-state index in [1.54, 1.807) is 6.42 Å². The zero-order valence-corrected chi connectivity index (χ0v) is 9.85. The fraction of sp³-hybridized carbons (Fsp3) is 1.00. The summed E-state index contributed by atoms with van der Waals surface area (Å²) in [5.41, 5.74) is 0. The Kier molecular flexibility index (Phi) is 2.53. The highest BCUT2D eigenvalue weighted by Crippen LogP contribution is 2.51. The van der Waals surface area contributed by atoms with E-state index >= 15 is 0 Å². The van der Waals surface area contributed by atoms with Crippen molar-refractivity contribution in [1.82, 2.24) is 5.32 Å². The summed E-state index contributed by atoms with van der Waals surface area (Å²) in [4.78, 5) is 0. The van der Waals surface area contributed by atoms with E-state index in [2.05, 4.69) is 24.0 Å². The molecular formula is C12H21NS. The molecule has 0 aromatic heterocycles. The Morgan fingerprint density at radius 1 is 1.14 bits per heavy atom. The third-order valence-electron chi connectivity index (χ3n) is 4.46. The van der Waals surface area contributed by atoms with E-state index in [9.17, 15) is 0 Å². The van der Waals surface area contributed by atoms with Gasteiger partial charge in [0.25, 0.3) is 0 Å². The lowest BCUT2D eigenvalue weighted by atomic mass is 9.88. The van der Waals surface area contributed by atoms with Crippen molar-refractivity contribution in [2.24, 2.45) is 17.8 Å². The Morgan fingerprint density at radius 3 is 2.71 bits per heavy atom. The van der Waals surface area contributed by atoms with Crippen molar-refractivity contribution in [3.63, 3.8) is 0 Å². The molecule has 3 rings (SSSR count).